The minimum atomic E-state index is -0.263. The lowest BCUT2D eigenvalue weighted by molar-refractivity contribution is 0.102. The van der Waals surface area contributed by atoms with Crippen molar-refractivity contribution in [2.45, 2.75) is 19.8 Å². The maximum Gasteiger partial charge on any atom is 0.257 e. The highest BCUT2D eigenvalue weighted by Gasteiger charge is 2.14. The molecule has 0 spiro atoms. The number of hydrogen-bond acceptors (Lipinski definition) is 7. The molecule has 1 N–H and O–H groups in total. The van der Waals surface area contributed by atoms with Crippen molar-refractivity contribution < 1.29 is 19.0 Å². The normalized spacial score (nSPS) is 10.4. The molecule has 0 bridgehead atoms. The molecule has 1 amide bonds. The Balaban J connectivity index is 1.70. The van der Waals surface area contributed by atoms with Crippen molar-refractivity contribution in [2.24, 2.45) is 0 Å². The zero-order chi connectivity index (χ0) is 20.6. The predicted octanol–water partition coefficient (Wildman–Crippen LogP) is 4.65. The summed E-state index contributed by atoms with van der Waals surface area (Å²) in [6.07, 6.45) is 2.03. The second kappa shape index (κ2) is 9.88. The average Bonchev–Trinajstić information content (AvgIpc) is 3.22. The van der Waals surface area contributed by atoms with E-state index in [0.29, 0.717) is 40.4 Å². The van der Waals surface area contributed by atoms with Crippen LogP contribution in [0.1, 0.15) is 30.1 Å². The van der Waals surface area contributed by atoms with Crippen LogP contribution >= 0.6 is 11.5 Å². The monoisotopic (exact) mass is 413 g/mol. The van der Waals surface area contributed by atoms with Crippen LogP contribution in [0.5, 0.6) is 17.2 Å². The van der Waals surface area contributed by atoms with Crippen molar-refractivity contribution in [1.82, 2.24) is 9.36 Å². The molecule has 7 nitrogen and oxygen atoms in total. The molecule has 8 heteroatoms. The minimum Gasteiger partial charge on any atom is -0.494 e. The van der Waals surface area contributed by atoms with Gasteiger partial charge in [0.2, 0.25) is 5.13 Å². The van der Waals surface area contributed by atoms with E-state index in [-0.39, 0.29) is 5.91 Å². The van der Waals surface area contributed by atoms with Crippen LogP contribution in [0.25, 0.3) is 11.4 Å². The summed E-state index contributed by atoms with van der Waals surface area (Å²) in [5, 5.41) is 3.20. The first-order chi connectivity index (χ1) is 14.1. The smallest absolute Gasteiger partial charge is 0.257 e. The number of aromatic nitrogens is 2. The first kappa shape index (κ1) is 20.6. The van der Waals surface area contributed by atoms with Crippen molar-refractivity contribution in [1.29, 1.82) is 0 Å². The second-order valence-electron chi connectivity index (χ2n) is 6.18. The third-order valence-electron chi connectivity index (χ3n) is 4.15. The molecular weight excluding hydrogens is 390 g/mol. The van der Waals surface area contributed by atoms with Crippen LogP contribution in [0.4, 0.5) is 5.13 Å². The number of carbonyl (C=O) groups excluding carboxylic acids is 1. The minimum absolute atomic E-state index is 0.263. The van der Waals surface area contributed by atoms with E-state index in [2.05, 4.69) is 21.6 Å². The average molecular weight is 413 g/mol. The number of rotatable bonds is 9. The second-order valence-corrected chi connectivity index (χ2v) is 6.93. The van der Waals surface area contributed by atoms with Crippen LogP contribution < -0.4 is 19.5 Å². The molecule has 1 heterocycles. The summed E-state index contributed by atoms with van der Waals surface area (Å²) in [6, 6.07) is 12.5. The number of anilines is 1. The summed E-state index contributed by atoms with van der Waals surface area (Å²) in [7, 11) is 3.15. The molecule has 2 aromatic carbocycles. The van der Waals surface area contributed by atoms with Gasteiger partial charge in [-0.2, -0.15) is 9.36 Å². The fourth-order valence-corrected chi connectivity index (χ4v) is 3.18. The summed E-state index contributed by atoms with van der Waals surface area (Å²) in [5.74, 6) is 2.13. The highest BCUT2D eigenvalue weighted by atomic mass is 32.1. The molecule has 152 valence electrons. The highest BCUT2D eigenvalue weighted by molar-refractivity contribution is 7.10. The molecule has 3 aromatic rings. The summed E-state index contributed by atoms with van der Waals surface area (Å²) in [4.78, 5) is 17.0. The highest BCUT2D eigenvalue weighted by Crippen LogP contribution is 2.32. The van der Waals surface area contributed by atoms with E-state index in [1.54, 1.807) is 44.6 Å². The summed E-state index contributed by atoms with van der Waals surface area (Å²) in [5.41, 5.74) is 1.27. The van der Waals surface area contributed by atoms with Crippen LogP contribution in [-0.4, -0.2) is 36.1 Å². The fraction of sp³-hybridized carbons (Fsp3) is 0.286. The summed E-state index contributed by atoms with van der Waals surface area (Å²) in [6.45, 7) is 2.73. The number of amides is 1. The van der Waals surface area contributed by atoms with Gasteiger partial charge in [-0.25, -0.2) is 0 Å². The summed E-state index contributed by atoms with van der Waals surface area (Å²) < 4.78 is 20.5. The molecule has 0 saturated heterocycles. The quantitative estimate of drug-likeness (QED) is 0.514. The molecule has 0 fully saturated rings. The van der Waals surface area contributed by atoms with E-state index < -0.39 is 0 Å². The van der Waals surface area contributed by atoms with Gasteiger partial charge in [-0.15, -0.1) is 0 Å². The topological polar surface area (TPSA) is 82.6 Å². The standard InChI is InChI=1S/C21H23N3O4S/c1-4-5-11-28-16-8-6-7-15(12-16)20(25)23-21-22-19(24-29-21)14-9-10-17(26-2)18(13-14)27-3/h6-10,12-13H,4-5,11H2,1-3H3,(H,22,23,24,25). The van der Waals surface area contributed by atoms with Gasteiger partial charge >= 0.3 is 0 Å². The van der Waals surface area contributed by atoms with E-state index in [0.717, 1.165) is 29.9 Å². The molecule has 0 saturated carbocycles. The lowest BCUT2D eigenvalue weighted by atomic mass is 10.2. The van der Waals surface area contributed by atoms with Gasteiger partial charge < -0.3 is 14.2 Å². The van der Waals surface area contributed by atoms with Gasteiger partial charge in [0.05, 0.1) is 20.8 Å². The molecule has 29 heavy (non-hydrogen) atoms. The fourth-order valence-electron chi connectivity index (χ4n) is 2.60. The van der Waals surface area contributed by atoms with Gasteiger partial charge in [0.1, 0.15) is 5.75 Å². The molecule has 0 aliphatic heterocycles. The van der Waals surface area contributed by atoms with E-state index in [9.17, 15) is 4.79 Å². The molecular formula is C21H23N3O4S. The molecule has 0 radical (unpaired) electrons. The Labute approximate surface area is 173 Å². The van der Waals surface area contributed by atoms with Crippen molar-refractivity contribution >= 4 is 22.6 Å². The number of nitrogens with zero attached hydrogens (tertiary/aromatic N) is 2. The number of ether oxygens (including phenoxy) is 3. The Morgan fingerprint density at radius 3 is 2.69 bits per heavy atom. The van der Waals surface area contributed by atoms with Crippen molar-refractivity contribution in [3.05, 3.63) is 48.0 Å². The third-order valence-corrected chi connectivity index (χ3v) is 4.78. The zero-order valence-electron chi connectivity index (χ0n) is 16.6. The summed E-state index contributed by atoms with van der Waals surface area (Å²) >= 11 is 1.12. The maximum atomic E-state index is 12.6. The van der Waals surface area contributed by atoms with Crippen molar-refractivity contribution in [3.63, 3.8) is 0 Å². The van der Waals surface area contributed by atoms with Crippen LogP contribution in [0.3, 0.4) is 0 Å². The SMILES string of the molecule is CCCCOc1cccc(C(=O)Nc2nc(-c3ccc(OC)c(OC)c3)ns2)c1. The molecule has 3 rings (SSSR count). The maximum absolute atomic E-state index is 12.6. The van der Waals surface area contributed by atoms with Gasteiger partial charge in [-0.3, -0.25) is 10.1 Å². The Morgan fingerprint density at radius 1 is 1.10 bits per heavy atom. The van der Waals surface area contributed by atoms with Gasteiger partial charge in [-0.1, -0.05) is 19.4 Å². The van der Waals surface area contributed by atoms with Gasteiger partial charge in [0, 0.05) is 22.7 Å². The number of methoxy groups -OCH3 is 2. The lowest BCUT2D eigenvalue weighted by Crippen LogP contribution is -2.11. The number of hydrogen-bond donors (Lipinski definition) is 1. The molecule has 0 aliphatic rings. The van der Waals surface area contributed by atoms with Crippen LogP contribution in [0.15, 0.2) is 42.5 Å². The van der Waals surface area contributed by atoms with Crippen molar-refractivity contribution in [3.8, 4) is 28.6 Å². The van der Waals surface area contributed by atoms with Gasteiger partial charge in [-0.05, 0) is 42.8 Å². The Kier molecular flexibility index (Phi) is 7.02. The number of nitrogens with one attached hydrogen (secondary N) is 1. The van der Waals surface area contributed by atoms with Crippen molar-refractivity contribution in [2.75, 3.05) is 26.1 Å². The molecule has 0 atom stereocenters. The first-order valence-corrected chi connectivity index (χ1v) is 10.0. The number of benzene rings is 2. The lowest BCUT2D eigenvalue weighted by Gasteiger charge is -2.08. The van der Waals surface area contributed by atoms with E-state index in [4.69, 9.17) is 14.2 Å². The Bertz CT molecular complexity index is 974. The Hall–Kier alpha value is -3.13. The molecule has 0 aliphatic carbocycles. The predicted molar refractivity (Wildman–Crippen MR) is 113 cm³/mol. The first-order valence-electron chi connectivity index (χ1n) is 9.25. The zero-order valence-corrected chi connectivity index (χ0v) is 17.4. The van der Waals surface area contributed by atoms with E-state index >= 15 is 0 Å². The number of unbranched alkanes of at least 4 members (excludes halogenated alkanes) is 1. The third kappa shape index (κ3) is 5.23. The van der Waals surface area contributed by atoms with Gasteiger partial charge in [0.25, 0.3) is 5.91 Å². The Morgan fingerprint density at radius 2 is 1.93 bits per heavy atom. The van der Waals surface area contributed by atoms with Crippen LogP contribution in [-0.2, 0) is 0 Å². The van der Waals surface area contributed by atoms with Crippen LogP contribution in [0.2, 0.25) is 0 Å². The largest absolute Gasteiger partial charge is 0.494 e. The van der Waals surface area contributed by atoms with E-state index in [1.807, 2.05) is 12.1 Å². The van der Waals surface area contributed by atoms with E-state index in [1.165, 1.54) is 0 Å². The van der Waals surface area contributed by atoms with Crippen LogP contribution in [0, 0.1) is 0 Å². The van der Waals surface area contributed by atoms with Gasteiger partial charge in [0.15, 0.2) is 17.3 Å². The molecule has 0 unspecified atom stereocenters. The number of carbonyl (C=O) groups is 1. The molecule has 1 aromatic heterocycles.